The van der Waals surface area contributed by atoms with Crippen LogP contribution in [0.5, 0.6) is 11.5 Å². The van der Waals surface area contributed by atoms with Crippen molar-refractivity contribution < 1.29 is 14.6 Å². The van der Waals surface area contributed by atoms with Crippen molar-refractivity contribution in [2.75, 3.05) is 20.8 Å². The molecule has 0 saturated heterocycles. The van der Waals surface area contributed by atoms with Gasteiger partial charge < -0.3 is 19.9 Å². The molecule has 0 aliphatic heterocycles. The van der Waals surface area contributed by atoms with E-state index < -0.39 is 6.10 Å². The van der Waals surface area contributed by atoms with E-state index in [2.05, 4.69) is 5.32 Å². The van der Waals surface area contributed by atoms with Gasteiger partial charge >= 0.3 is 0 Å². The third-order valence-corrected chi connectivity index (χ3v) is 3.99. The summed E-state index contributed by atoms with van der Waals surface area (Å²) in [6.45, 7) is 2.46. The predicted molar refractivity (Wildman–Crippen MR) is 92.4 cm³/mol. The zero-order valence-electron chi connectivity index (χ0n) is 13.5. The smallest absolute Gasteiger partial charge is 0.161 e. The molecule has 0 aromatic heterocycles. The summed E-state index contributed by atoms with van der Waals surface area (Å²) in [6.07, 6.45) is -0.615. The Labute approximate surface area is 142 Å². The van der Waals surface area contributed by atoms with Gasteiger partial charge in [0, 0.05) is 17.6 Å². The van der Waals surface area contributed by atoms with Crippen molar-refractivity contribution in [3.63, 3.8) is 0 Å². The van der Waals surface area contributed by atoms with Gasteiger partial charge in [0.15, 0.2) is 11.5 Å². The molecule has 0 aliphatic carbocycles. The Hall–Kier alpha value is -1.75. The molecule has 124 valence electrons. The fourth-order valence-electron chi connectivity index (χ4n) is 2.36. The number of benzene rings is 2. The van der Waals surface area contributed by atoms with Crippen LogP contribution >= 0.6 is 11.6 Å². The van der Waals surface area contributed by atoms with Crippen LogP contribution < -0.4 is 14.8 Å². The molecule has 4 nitrogen and oxygen atoms in total. The van der Waals surface area contributed by atoms with Crippen LogP contribution in [0.25, 0.3) is 0 Å². The second kappa shape index (κ2) is 8.20. The summed E-state index contributed by atoms with van der Waals surface area (Å²) in [6, 6.07) is 13.1. The standard InChI is InChI=1S/C18H22ClNO3/c1-12(13-7-8-17(22-2)18(10-13)23-3)20-11-16(21)14-5-4-6-15(19)9-14/h4-10,12,16,20-21H,11H2,1-3H3. The topological polar surface area (TPSA) is 50.7 Å². The molecule has 2 N–H and O–H groups in total. The number of hydrogen-bond donors (Lipinski definition) is 2. The van der Waals surface area contributed by atoms with Crippen molar-refractivity contribution in [3.8, 4) is 11.5 Å². The minimum absolute atomic E-state index is 0.0589. The zero-order chi connectivity index (χ0) is 16.8. The van der Waals surface area contributed by atoms with E-state index in [0.29, 0.717) is 23.1 Å². The van der Waals surface area contributed by atoms with E-state index in [4.69, 9.17) is 21.1 Å². The highest BCUT2D eigenvalue weighted by Gasteiger charge is 2.13. The van der Waals surface area contributed by atoms with E-state index in [1.54, 1.807) is 26.4 Å². The van der Waals surface area contributed by atoms with Crippen LogP contribution in [0, 0.1) is 0 Å². The summed E-state index contributed by atoms with van der Waals surface area (Å²) in [7, 11) is 3.23. The van der Waals surface area contributed by atoms with Gasteiger partial charge in [-0.2, -0.15) is 0 Å². The minimum atomic E-state index is -0.615. The number of aliphatic hydroxyl groups is 1. The van der Waals surface area contributed by atoms with Gasteiger partial charge in [-0.1, -0.05) is 29.8 Å². The number of rotatable bonds is 7. The molecule has 0 spiro atoms. The van der Waals surface area contributed by atoms with Gasteiger partial charge in [0.05, 0.1) is 20.3 Å². The van der Waals surface area contributed by atoms with Crippen molar-refractivity contribution in [3.05, 3.63) is 58.6 Å². The Morgan fingerprint density at radius 3 is 2.43 bits per heavy atom. The lowest BCUT2D eigenvalue weighted by atomic mass is 10.1. The molecule has 2 unspecified atom stereocenters. The molecular weight excluding hydrogens is 314 g/mol. The molecule has 0 saturated carbocycles. The largest absolute Gasteiger partial charge is 0.493 e. The van der Waals surface area contributed by atoms with Gasteiger partial charge in [-0.05, 0) is 42.3 Å². The average molecular weight is 336 g/mol. The van der Waals surface area contributed by atoms with Gasteiger partial charge in [0.25, 0.3) is 0 Å². The number of nitrogens with one attached hydrogen (secondary N) is 1. The molecule has 0 radical (unpaired) electrons. The van der Waals surface area contributed by atoms with Crippen molar-refractivity contribution >= 4 is 11.6 Å². The lowest BCUT2D eigenvalue weighted by molar-refractivity contribution is 0.171. The number of ether oxygens (including phenoxy) is 2. The maximum absolute atomic E-state index is 10.3. The summed E-state index contributed by atoms with van der Waals surface area (Å²) >= 11 is 5.95. The highest BCUT2D eigenvalue weighted by Crippen LogP contribution is 2.30. The second-order valence-electron chi connectivity index (χ2n) is 5.32. The first-order valence-corrected chi connectivity index (χ1v) is 7.81. The number of halogens is 1. The molecule has 0 heterocycles. The van der Waals surface area contributed by atoms with Crippen LogP contribution in [-0.4, -0.2) is 25.9 Å². The molecule has 2 rings (SSSR count). The summed E-state index contributed by atoms with van der Waals surface area (Å²) < 4.78 is 10.6. The van der Waals surface area contributed by atoms with Crippen LogP contribution in [0.1, 0.15) is 30.2 Å². The number of hydrogen-bond acceptors (Lipinski definition) is 4. The van der Waals surface area contributed by atoms with E-state index >= 15 is 0 Å². The van der Waals surface area contributed by atoms with Gasteiger partial charge in [0.1, 0.15) is 0 Å². The van der Waals surface area contributed by atoms with E-state index in [1.165, 1.54) is 0 Å². The third-order valence-electron chi connectivity index (χ3n) is 3.76. The molecule has 2 aromatic rings. The summed E-state index contributed by atoms with van der Waals surface area (Å²) in [5.41, 5.74) is 1.85. The van der Waals surface area contributed by atoms with Crippen LogP contribution in [0.2, 0.25) is 5.02 Å². The molecule has 5 heteroatoms. The van der Waals surface area contributed by atoms with Crippen LogP contribution in [-0.2, 0) is 0 Å². The molecule has 0 bridgehead atoms. The van der Waals surface area contributed by atoms with Gasteiger partial charge in [-0.25, -0.2) is 0 Å². The van der Waals surface area contributed by atoms with Crippen molar-refractivity contribution in [1.82, 2.24) is 5.32 Å². The van der Waals surface area contributed by atoms with Crippen molar-refractivity contribution in [2.45, 2.75) is 19.1 Å². The second-order valence-corrected chi connectivity index (χ2v) is 5.75. The fourth-order valence-corrected chi connectivity index (χ4v) is 2.56. The Morgan fingerprint density at radius 2 is 1.78 bits per heavy atom. The van der Waals surface area contributed by atoms with Crippen molar-refractivity contribution in [1.29, 1.82) is 0 Å². The minimum Gasteiger partial charge on any atom is -0.493 e. The number of aliphatic hydroxyl groups excluding tert-OH is 1. The van der Waals surface area contributed by atoms with Crippen LogP contribution in [0.4, 0.5) is 0 Å². The highest BCUT2D eigenvalue weighted by molar-refractivity contribution is 6.30. The van der Waals surface area contributed by atoms with Gasteiger partial charge in [-0.15, -0.1) is 0 Å². The first-order valence-electron chi connectivity index (χ1n) is 7.44. The Kier molecular flexibility index (Phi) is 6.28. The summed E-state index contributed by atoms with van der Waals surface area (Å²) in [5.74, 6) is 1.39. The summed E-state index contributed by atoms with van der Waals surface area (Å²) in [5, 5.41) is 14.2. The van der Waals surface area contributed by atoms with E-state index in [9.17, 15) is 5.11 Å². The molecule has 0 fully saturated rings. The maximum atomic E-state index is 10.3. The van der Waals surface area contributed by atoms with Crippen molar-refractivity contribution in [2.24, 2.45) is 0 Å². The SMILES string of the molecule is COc1ccc(C(C)NCC(O)c2cccc(Cl)c2)cc1OC. The molecular formula is C18H22ClNO3. The quantitative estimate of drug-likeness (QED) is 0.809. The highest BCUT2D eigenvalue weighted by atomic mass is 35.5. The van der Waals surface area contributed by atoms with E-state index in [1.807, 2.05) is 37.3 Å². The average Bonchev–Trinajstić information content (AvgIpc) is 2.58. The number of methoxy groups -OCH3 is 2. The van der Waals surface area contributed by atoms with Gasteiger partial charge in [-0.3, -0.25) is 0 Å². The molecule has 0 amide bonds. The Bertz CT molecular complexity index is 648. The van der Waals surface area contributed by atoms with Crippen LogP contribution in [0.15, 0.2) is 42.5 Å². The zero-order valence-corrected chi connectivity index (χ0v) is 14.3. The normalized spacial score (nSPS) is 13.4. The first kappa shape index (κ1) is 17.6. The molecule has 0 aliphatic rings. The monoisotopic (exact) mass is 335 g/mol. The van der Waals surface area contributed by atoms with E-state index in [0.717, 1.165) is 11.1 Å². The van der Waals surface area contributed by atoms with Crippen LogP contribution in [0.3, 0.4) is 0 Å². The fraction of sp³-hybridized carbons (Fsp3) is 0.333. The van der Waals surface area contributed by atoms with E-state index in [-0.39, 0.29) is 6.04 Å². The third kappa shape index (κ3) is 4.61. The lowest BCUT2D eigenvalue weighted by Gasteiger charge is -2.19. The molecule has 2 atom stereocenters. The lowest BCUT2D eigenvalue weighted by Crippen LogP contribution is -2.24. The summed E-state index contributed by atoms with van der Waals surface area (Å²) in [4.78, 5) is 0. The van der Waals surface area contributed by atoms with Gasteiger partial charge in [0.2, 0.25) is 0 Å². The Balaban J connectivity index is 2.00. The molecule has 23 heavy (non-hydrogen) atoms. The molecule has 2 aromatic carbocycles. The first-order chi connectivity index (χ1) is 11.0. The predicted octanol–water partition coefficient (Wildman–Crippen LogP) is 3.74. The maximum Gasteiger partial charge on any atom is 0.161 e. The Morgan fingerprint density at radius 1 is 1.04 bits per heavy atom.